The molecule has 0 saturated carbocycles. The van der Waals surface area contributed by atoms with Gasteiger partial charge in [-0.15, -0.1) is 0 Å². The molecule has 0 aromatic carbocycles. The first-order valence-electron chi connectivity index (χ1n) is 5.46. The number of alkyl halides is 3. The highest BCUT2D eigenvalue weighted by Gasteiger charge is 2.31. The number of nitrogens with two attached hydrogens (primary N) is 1. The summed E-state index contributed by atoms with van der Waals surface area (Å²) in [4.78, 5) is 16.9. The number of hydrogen-bond donors (Lipinski definition) is 1. The maximum atomic E-state index is 12.3. The van der Waals surface area contributed by atoms with Crippen molar-refractivity contribution in [3.05, 3.63) is 29.6 Å². The molecule has 0 aliphatic carbocycles. The molecule has 18 heavy (non-hydrogen) atoms. The molecule has 7 heteroatoms. The molecule has 2 heterocycles. The minimum Gasteiger partial charge on any atom is -0.336 e. The minimum absolute atomic E-state index is 0.0112. The van der Waals surface area contributed by atoms with E-state index in [-0.39, 0.29) is 17.6 Å². The van der Waals surface area contributed by atoms with Gasteiger partial charge in [0, 0.05) is 25.3 Å². The van der Waals surface area contributed by atoms with E-state index in [0.29, 0.717) is 25.7 Å². The number of likely N-dealkylation sites (tertiary alicyclic amines) is 1. The van der Waals surface area contributed by atoms with E-state index in [4.69, 9.17) is 5.73 Å². The van der Waals surface area contributed by atoms with Crippen molar-refractivity contribution in [1.82, 2.24) is 9.88 Å². The summed E-state index contributed by atoms with van der Waals surface area (Å²) >= 11 is 0. The number of amides is 1. The van der Waals surface area contributed by atoms with Crippen LogP contribution < -0.4 is 5.73 Å². The standard InChI is InChI=1S/C11H12F3N3O/c12-11(13,14)7-1-2-9(16-5-7)10(18)17-4-3-8(15)6-17/h1-2,5,8H,3-4,6,15H2/t8-/m0/s1. The maximum Gasteiger partial charge on any atom is 0.417 e. The van der Waals surface area contributed by atoms with Gasteiger partial charge in [0.25, 0.3) is 5.91 Å². The van der Waals surface area contributed by atoms with E-state index in [2.05, 4.69) is 4.98 Å². The Morgan fingerprint density at radius 3 is 2.61 bits per heavy atom. The molecule has 1 saturated heterocycles. The van der Waals surface area contributed by atoms with Gasteiger partial charge >= 0.3 is 6.18 Å². The zero-order valence-electron chi connectivity index (χ0n) is 9.44. The van der Waals surface area contributed by atoms with Crippen molar-refractivity contribution in [2.24, 2.45) is 5.73 Å². The Hall–Kier alpha value is -1.63. The van der Waals surface area contributed by atoms with Crippen LogP contribution in [0, 0.1) is 0 Å². The second-order valence-corrected chi connectivity index (χ2v) is 4.23. The van der Waals surface area contributed by atoms with Gasteiger partial charge < -0.3 is 10.6 Å². The van der Waals surface area contributed by atoms with Crippen LogP contribution in [0.4, 0.5) is 13.2 Å². The minimum atomic E-state index is -4.44. The topological polar surface area (TPSA) is 59.2 Å². The summed E-state index contributed by atoms with van der Waals surface area (Å²) in [7, 11) is 0. The summed E-state index contributed by atoms with van der Waals surface area (Å²) in [6.07, 6.45) is -3.07. The van der Waals surface area contributed by atoms with Gasteiger partial charge in [-0.2, -0.15) is 13.2 Å². The molecule has 1 aliphatic heterocycles. The van der Waals surface area contributed by atoms with Crippen LogP contribution in [-0.2, 0) is 6.18 Å². The summed E-state index contributed by atoms with van der Waals surface area (Å²) in [5.74, 6) is -0.378. The highest BCUT2D eigenvalue weighted by molar-refractivity contribution is 5.92. The molecule has 2 N–H and O–H groups in total. The van der Waals surface area contributed by atoms with Crippen LogP contribution >= 0.6 is 0 Å². The van der Waals surface area contributed by atoms with Crippen LogP contribution in [0.3, 0.4) is 0 Å². The van der Waals surface area contributed by atoms with Crippen molar-refractivity contribution < 1.29 is 18.0 Å². The van der Waals surface area contributed by atoms with Crippen LogP contribution in [0.2, 0.25) is 0 Å². The highest BCUT2D eigenvalue weighted by Crippen LogP contribution is 2.28. The molecule has 1 aliphatic rings. The largest absolute Gasteiger partial charge is 0.417 e. The molecule has 0 spiro atoms. The average Bonchev–Trinajstić information content (AvgIpc) is 2.74. The smallest absolute Gasteiger partial charge is 0.336 e. The van der Waals surface area contributed by atoms with E-state index < -0.39 is 11.7 Å². The van der Waals surface area contributed by atoms with E-state index in [1.807, 2.05) is 0 Å². The third kappa shape index (κ3) is 2.61. The third-order valence-corrected chi connectivity index (χ3v) is 2.82. The van der Waals surface area contributed by atoms with Crippen molar-refractivity contribution in [1.29, 1.82) is 0 Å². The summed E-state index contributed by atoms with van der Waals surface area (Å²) in [5, 5.41) is 0. The van der Waals surface area contributed by atoms with E-state index in [1.165, 1.54) is 4.90 Å². The number of halogens is 3. The first-order valence-corrected chi connectivity index (χ1v) is 5.46. The quantitative estimate of drug-likeness (QED) is 0.826. The summed E-state index contributed by atoms with van der Waals surface area (Å²) < 4.78 is 37.0. The lowest BCUT2D eigenvalue weighted by Crippen LogP contribution is -2.32. The number of hydrogen-bond acceptors (Lipinski definition) is 3. The van der Waals surface area contributed by atoms with Crippen LogP contribution in [0.15, 0.2) is 18.3 Å². The third-order valence-electron chi connectivity index (χ3n) is 2.82. The van der Waals surface area contributed by atoms with Gasteiger partial charge in [0.2, 0.25) is 0 Å². The molecule has 0 unspecified atom stereocenters. The maximum absolute atomic E-state index is 12.3. The molecule has 1 amide bonds. The molecule has 1 atom stereocenters. The molecule has 1 aromatic rings. The SMILES string of the molecule is N[C@H]1CCN(C(=O)c2ccc(C(F)(F)F)cn2)C1. The normalized spacial score (nSPS) is 20.2. The van der Waals surface area contributed by atoms with Crippen molar-refractivity contribution in [2.75, 3.05) is 13.1 Å². The van der Waals surface area contributed by atoms with Crippen molar-refractivity contribution in [2.45, 2.75) is 18.6 Å². The van der Waals surface area contributed by atoms with Crippen LogP contribution in [0.1, 0.15) is 22.5 Å². The second-order valence-electron chi connectivity index (χ2n) is 4.23. The molecule has 4 nitrogen and oxygen atoms in total. The molecular weight excluding hydrogens is 247 g/mol. The number of aromatic nitrogens is 1. The van der Waals surface area contributed by atoms with Gasteiger partial charge in [-0.3, -0.25) is 9.78 Å². The number of carbonyl (C=O) groups is 1. The van der Waals surface area contributed by atoms with Gasteiger partial charge in [-0.25, -0.2) is 0 Å². The average molecular weight is 259 g/mol. The Morgan fingerprint density at radius 2 is 2.17 bits per heavy atom. The van der Waals surface area contributed by atoms with Crippen LogP contribution in [-0.4, -0.2) is 34.9 Å². The van der Waals surface area contributed by atoms with E-state index in [0.717, 1.165) is 12.1 Å². The van der Waals surface area contributed by atoms with Crippen molar-refractivity contribution >= 4 is 5.91 Å². The first-order chi connectivity index (χ1) is 8.38. The lowest BCUT2D eigenvalue weighted by atomic mass is 10.2. The highest BCUT2D eigenvalue weighted by atomic mass is 19.4. The predicted molar refractivity (Wildman–Crippen MR) is 57.7 cm³/mol. The van der Waals surface area contributed by atoms with E-state index in [1.54, 1.807) is 0 Å². The summed E-state index contributed by atoms with van der Waals surface area (Å²) in [6, 6.07) is 1.88. The van der Waals surface area contributed by atoms with Gasteiger partial charge in [0.05, 0.1) is 5.56 Å². The fraction of sp³-hybridized carbons (Fsp3) is 0.455. The van der Waals surface area contributed by atoms with Crippen LogP contribution in [0.25, 0.3) is 0 Å². The molecule has 2 rings (SSSR count). The fourth-order valence-electron chi connectivity index (χ4n) is 1.82. The van der Waals surface area contributed by atoms with E-state index >= 15 is 0 Å². The summed E-state index contributed by atoms with van der Waals surface area (Å²) in [5.41, 5.74) is 4.81. The predicted octanol–water partition coefficient (Wildman–Crippen LogP) is 1.27. The fourth-order valence-corrected chi connectivity index (χ4v) is 1.82. The van der Waals surface area contributed by atoms with E-state index in [9.17, 15) is 18.0 Å². The molecule has 0 bridgehead atoms. The monoisotopic (exact) mass is 259 g/mol. The van der Waals surface area contributed by atoms with Gasteiger partial charge in [0.1, 0.15) is 5.69 Å². The number of pyridine rings is 1. The molecule has 1 fully saturated rings. The lowest BCUT2D eigenvalue weighted by molar-refractivity contribution is -0.137. The number of carbonyl (C=O) groups excluding carboxylic acids is 1. The zero-order chi connectivity index (χ0) is 13.3. The zero-order valence-corrected chi connectivity index (χ0v) is 9.44. The van der Waals surface area contributed by atoms with Gasteiger partial charge in [-0.1, -0.05) is 0 Å². The Morgan fingerprint density at radius 1 is 1.44 bits per heavy atom. The Kier molecular flexibility index (Phi) is 3.25. The lowest BCUT2D eigenvalue weighted by Gasteiger charge is -2.15. The summed E-state index contributed by atoms with van der Waals surface area (Å²) in [6.45, 7) is 0.935. The van der Waals surface area contributed by atoms with Crippen molar-refractivity contribution in [3.8, 4) is 0 Å². The molecule has 1 aromatic heterocycles. The van der Waals surface area contributed by atoms with Crippen molar-refractivity contribution in [3.63, 3.8) is 0 Å². The Labute approximate surface area is 102 Å². The number of nitrogens with zero attached hydrogens (tertiary/aromatic N) is 2. The molecule has 0 radical (unpaired) electrons. The number of rotatable bonds is 1. The van der Waals surface area contributed by atoms with Crippen LogP contribution in [0.5, 0.6) is 0 Å². The molecular formula is C11H12F3N3O. The first kappa shape index (κ1) is 12.8. The van der Waals surface area contributed by atoms with Gasteiger partial charge in [0.15, 0.2) is 0 Å². The molecule has 98 valence electrons. The Balaban J connectivity index is 2.12. The second kappa shape index (κ2) is 4.56. The Bertz CT molecular complexity index is 444. The van der Waals surface area contributed by atoms with Gasteiger partial charge in [-0.05, 0) is 18.6 Å².